The molecular formula is C26H28ClF4NO3. The number of amides is 1. The van der Waals surface area contributed by atoms with Crippen LogP contribution >= 0.6 is 11.6 Å². The third kappa shape index (κ3) is 6.54. The van der Waals surface area contributed by atoms with E-state index in [1.807, 2.05) is 0 Å². The van der Waals surface area contributed by atoms with E-state index in [9.17, 15) is 22.8 Å². The fraction of sp³-hybridized carbons (Fsp3) is 0.462. The van der Waals surface area contributed by atoms with Gasteiger partial charge in [0, 0.05) is 5.02 Å². The molecule has 0 aliphatic heterocycles. The summed E-state index contributed by atoms with van der Waals surface area (Å²) in [5, 5.41) is 2.64. The highest BCUT2D eigenvalue weighted by Crippen LogP contribution is 2.50. The van der Waals surface area contributed by atoms with E-state index < -0.39 is 46.7 Å². The highest BCUT2D eigenvalue weighted by molar-refractivity contribution is 6.30. The van der Waals surface area contributed by atoms with Gasteiger partial charge in [-0.05, 0) is 69.4 Å². The van der Waals surface area contributed by atoms with Gasteiger partial charge in [-0.1, -0.05) is 42.8 Å². The van der Waals surface area contributed by atoms with Crippen molar-refractivity contribution >= 4 is 29.2 Å². The van der Waals surface area contributed by atoms with Crippen molar-refractivity contribution in [3.63, 3.8) is 0 Å². The molecule has 1 N–H and O–H groups in total. The molecule has 1 fully saturated rings. The average Bonchev–Trinajstić information content (AvgIpc) is 3.51. The molecule has 0 heterocycles. The largest absolute Gasteiger partial charge is 0.460 e. The van der Waals surface area contributed by atoms with Gasteiger partial charge in [0.2, 0.25) is 5.91 Å². The second-order valence-corrected chi connectivity index (χ2v) is 10.5. The smallest absolute Gasteiger partial charge is 0.392 e. The van der Waals surface area contributed by atoms with E-state index in [1.54, 1.807) is 20.8 Å². The minimum atomic E-state index is -4.66. The molecule has 0 unspecified atom stereocenters. The summed E-state index contributed by atoms with van der Waals surface area (Å²) in [6.45, 7) is 6.15. The van der Waals surface area contributed by atoms with Gasteiger partial charge in [-0.15, -0.1) is 0 Å². The van der Waals surface area contributed by atoms with Gasteiger partial charge in [-0.3, -0.25) is 9.59 Å². The number of hydrogen-bond donors (Lipinski definition) is 1. The van der Waals surface area contributed by atoms with E-state index in [0.717, 1.165) is 6.92 Å². The number of ether oxygens (including phenoxy) is 1. The molecule has 3 rings (SSSR count). The van der Waals surface area contributed by atoms with Crippen LogP contribution in [0, 0.1) is 17.2 Å². The van der Waals surface area contributed by atoms with Crippen molar-refractivity contribution in [3.05, 3.63) is 64.4 Å². The van der Waals surface area contributed by atoms with Crippen molar-refractivity contribution in [2.75, 3.05) is 5.32 Å². The number of hydrogen-bond acceptors (Lipinski definition) is 3. The molecule has 0 radical (unpaired) electrons. The van der Waals surface area contributed by atoms with Crippen LogP contribution in [0.5, 0.6) is 0 Å². The molecule has 0 bridgehead atoms. The molecule has 0 aromatic heterocycles. The molecular weight excluding hydrogens is 486 g/mol. The predicted octanol–water partition coefficient (Wildman–Crippen LogP) is 7.06. The van der Waals surface area contributed by atoms with Gasteiger partial charge in [0.25, 0.3) is 0 Å². The fourth-order valence-corrected chi connectivity index (χ4v) is 4.03. The first-order chi connectivity index (χ1) is 16.1. The number of halogens is 5. The Kier molecular flexibility index (Phi) is 7.56. The summed E-state index contributed by atoms with van der Waals surface area (Å²) < 4.78 is 61.5. The summed E-state index contributed by atoms with van der Waals surface area (Å²) in [4.78, 5) is 25.7. The molecule has 9 heteroatoms. The summed E-state index contributed by atoms with van der Waals surface area (Å²) in [5.74, 6) is -5.85. The molecule has 2 aromatic carbocycles. The van der Waals surface area contributed by atoms with Crippen molar-refractivity contribution < 1.29 is 31.9 Å². The first-order valence-corrected chi connectivity index (χ1v) is 11.6. The quantitative estimate of drug-likeness (QED) is 0.318. The summed E-state index contributed by atoms with van der Waals surface area (Å²) in [7, 11) is 0. The van der Waals surface area contributed by atoms with E-state index >= 15 is 4.39 Å². The minimum Gasteiger partial charge on any atom is -0.460 e. The number of carbonyl (C=O) groups is 2. The molecule has 1 aliphatic carbocycles. The average molecular weight is 514 g/mol. The second kappa shape index (κ2) is 9.80. The monoisotopic (exact) mass is 513 g/mol. The maximum Gasteiger partial charge on any atom is 0.392 e. The molecule has 0 saturated heterocycles. The van der Waals surface area contributed by atoms with Crippen LogP contribution in [0.25, 0.3) is 0 Å². The molecule has 1 saturated carbocycles. The zero-order valence-electron chi connectivity index (χ0n) is 19.9. The number of esters is 1. The lowest BCUT2D eigenvalue weighted by molar-refractivity contribution is -0.178. The van der Waals surface area contributed by atoms with Crippen LogP contribution in [0.15, 0.2) is 42.5 Å². The molecule has 1 aliphatic rings. The maximum absolute atomic E-state index is 15.3. The number of alkyl halides is 3. The van der Waals surface area contributed by atoms with Crippen LogP contribution in [0.1, 0.15) is 57.6 Å². The molecule has 1 amide bonds. The number of nitrogens with one attached hydrogen (secondary N) is 1. The van der Waals surface area contributed by atoms with Gasteiger partial charge in [0.15, 0.2) is 0 Å². The molecule has 35 heavy (non-hydrogen) atoms. The maximum atomic E-state index is 15.3. The van der Waals surface area contributed by atoms with Crippen molar-refractivity contribution in [1.29, 1.82) is 0 Å². The SMILES string of the molecule is C[C@H]([C@H](C(=O)Nc1cccc(CC2(C(=O)OC(C)(C)C)CC2)c1F)c1ccc(Cl)cc1)C(F)(F)F. The Morgan fingerprint density at radius 1 is 1.09 bits per heavy atom. The molecule has 190 valence electrons. The van der Waals surface area contributed by atoms with E-state index in [-0.39, 0.29) is 23.2 Å². The van der Waals surface area contributed by atoms with Crippen LogP contribution in [-0.2, 0) is 20.7 Å². The first-order valence-electron chi connectivity index (χ1n) is 11.3. The van der Waals surface area contributed by atoms with Gasteiger partial charge in [-0.2, -0.15) is 13.2 Å². The topological polar surface area (TPSA) is 55.4 Å². The molecule has 4 nitrogen and oxygen atoms in total. The van der Waals surface area contributed by atoms with Crippen LogP contribution in [-0.4, -0.2) is 23.7 Å². The summed E-state index contributed by atoms with van der Waals surface area (Å²) in [6.07, 6.45) is -3.51. The number of rotatable bonds is 7. The van der Waals surface area contributed by atoms with Gasteiger partial charge in [0.1, 0.15) is 11.4 Å². The van der Waals surface area contributed by atoms with E-state index in [4.69, 9.17) is 16.3 Å². The van der Waals surface area contributed by atoms with Crippen molar-refractivity contribution in [3.8, 4) is 0 Å². The molecule has 2 atom stereocenters. The summed E-state index contributed by atoms with van der Waals surface area (Å²) in [6, 6.07) is 9.74. The minimum absolute atomic E-state index is 0.0665. The molecule has 2 aromatic rings. The third-order valence-corrected chi connectivity index (χ3v) is 6.33. The van der Waals surface area contributed by atoms with Crippen LogP contribution in [0.3, 0.4) is 0 Å². The summed E-state index contributed by atoms with van der Waals surface area (Å²) >= 11 is 5.84. The molecule has 0 spiro atoms. The Morgan fingerprint density at radius 3 is 2.20 bits per heavy atom. The van der Waals surface area contributed by atoms with Crippen molar-refractivity contribution in [1.82, 2.24) is 0 Å². The van der Waals surface area contributed by atoms with Crippen LogP contribution in [0.2, 0.25) is 5.02 Å². The Morgan fingerprint density at radius 2 is 1.69 bits per heavy atom. The Hall–Kier alpha value is -2.61. The van der Waals surface area contributed by atoms with E-state index in [0.29, 0.717) is 17.9 Å². The fourth-order valence-electron chi connectivity index (χ4n) is 3.90. The normalized spacial score (nSPS) is 16.8. The number of anilines is 1. The zero-order valence-corrected chi connectivity index (χ0v) is 20.7. The number of carbonyl (C=O) groups excluding carboxylic acids is 2. The standard InChI is InChI=1S/C26H28ClF4NO3/c1-15(26(29,30)31)20(16-8-10-18(27)11-9-16)22(33)32-19-7-5-6-17(21(19)28)14-25(12-13-25)23(34)35-24(2,3)4/h5-11,15,20H,12-14H2,1-4H3,(H,32,33)/t15-,20+/m1/s1. The van der Waals surface area contributed by atoms with E-state index in [1.165, 1.54) is 42.5 Å². The van der Waals surface area contributed by atoms with Gasteiger partial charge in [-0.25, -0.2) is 4.39 Å². The van der Waals surface area contributed by atoms with E-state index in [2.05, 4.69) is 5.32 Å². The Bertz CT molecular complexity index is 1090. The van der Waals surface area contributed by atoms with Crippen LogP contribution in [0.4, 0.5) is 23.2 Å². The predicted molar refractivity (Wildman–Crippen MR) is 126 cm³/mol. The second-order valence-electron chi connectivity index (χ2n) is 10.1. The van der Waals surface area contributed by atoms with Gasteiger partial charge >= 0.3 is 12.1 Å². The van der Waals surface area contributed by atoms with Gasteiger partial charge < -0.3 is 10.1 Å². The van der Waals surface area contributed by atoms with Crippen molar-refractivity contribution in [2.45, 2.75) is 64.7 Å². The lowest BCUT2D eigenvalue weighted by Gasteiger charge is -2.26. The first kappa shape index (κ1) is 27.0. The third-order valence-electron chi connectivity index (χ3n) is 6.08. The highest BCUT2D eigenvalue weighted by Gasteiger charge is 2.52. The lowest BCUT2D eigenvalue weighted by atomic mass is 9.85. The highest BCUT2D eigenvalue weighted by atomic mass is 35.5. The zero-order chi connectivity index (χ0) is 26.2. The number of benzene rings is 2. The van der Waals surface area contributed by atoms with Crippen molar-refractivity contribution in [2.24, 2.45) is 11.3 Å². The van der Waals surface area contributed by atoms with Crippen LogP contribution < -0.4 is 5.32 Å². The lowest BCUT2D eigenvalue weighted by Crippen LogP contribution is -2.34. The summed E-state index contributed by atoms with van der Waals surface area (Å²) in [5.41, 5.74) is -1.49. The van der Waals surface area contributed by atoms with Gasteiger partial charge in [0.05, 0.1) is 22.9 Å². The Balaban J connectivity index is 1.85. The Labute approximate surface area is 207 Å².